The number of nitrogens with zero attached hydrogens (tertiary/aromatic N) is 1. The zero-order valence-electron chi connectivity index (χ0n) is 16.7. The van der Waals surface area contributed by atoms with E-state index in [1.807, 2.05) is 42.5 Å². The van der Waals surface area contributed by atoms with Crippen molar-refractivity contribution < 1.29 is 13.6 Å². The molecule has 0 bridgehead atoms. The number of hydrogen-bond acceptors (Lipinski definition) is 3. The number of hydrogen-bond donors (Lipinski definition) is 0. The highest BCUT2D eigenvalue weighted by Crippen LogP contribution is 2.49. The molecule has 0 unspecified atom stereocenters. The SMILES string of the molecule is COP(=O)(OC)c1c2c(c(Cc3ccccc3)n1-c1ccc(Cl)cc1)CCCC2. The summed E-state index contributed by atoms with van der Waals surface area (Å²) in [4.78, 5) is 0. The molecule has 0 saturated carbocycles. The Morgan fingerprint density at radius 2 is 1.55 bits per heavy atom. The summed E-state index contributed by atoms with van der Waals surface area (Å²) in [7, 11) is -0.555. The summed E-state index contributed by atoms with van der Waals surface area (Å²) in [6, 6.07) is 18.0. The van der Waals surface area contributed by atoms with Crippen LogP contribution in [-0.2, 0) is 32.9 Å². The van der Waals surface area contributed by atoms with Gasteiger partial charge in [0.2, 0.25) is 0 Å². The topological polar surface area (TPSA) is 40.5 Å². The summed E-state index contributed by atoms with van der Waals surface area (Å²) in [5.41, 5.74) is 6.33. The lowest BCUT2D eigenvalue weighted by atomic mass is 9.92. The van der Waals surface area contributed by atoms with E-state index >= 15 is 0 Å². The molecule has 0 saturated heterocycles. The van der Waals surface area contributed by atoms with E-state index in [-0.39, 0.29) is 0 Å². The first kappa shape index (κ1) is 20.4. The average Bonchev–Trinajstić information content (AvgIpc) is 3.09. The van der Waals surface area contributed by atoms with Crippen LogP contribution in [0.5, 0.6) is 0 Å². The molecular weight excluding hydrogens is 405 g/mol. The Balaban J connectivity index is 2.01. The summed E-state index contributed by atoms with van der Waals surface area (Å²) in [5.74, 6) is 0. The molecule has 0 radical (unpaired) electrons. The van der Waals surface area contributed by atoms with Crippen LogP contribution in [0.4, 0.5) is 0 Å². The molecule has 1 heterocycles. The van der Waals surface area contributed by atoms with Gasteiger partial charge in [0, 0.05) is 37.0 Å². The monoisotopic (exact) mass is 429 g/mol. The van der Waals surface area contributed by atoms with Gasteiger partial charge in [0.1, 0.15) is 5.44 Å². The van der Waals surface area contributed by atoms with Crippen LogP contribution < -0.4 is 5.44 Å². The number of fused-ring (bicyclic) bond motifs is 1. The fourth-order valence-electron chi connectivity index (χ4n) is 4.25. The second-order valence-electron chi connectivity index (χ2n) is 7.27. The van der Waals surface area contributed by atoms with Crippen LogP contribution in [-0.4, -0.2) is 18.8 Å². The van der Waals surface area contributed by atoms with Crippen molar-refractivity contribution in [2.45, 2.75) is 32.1 Å². The van der Waals surface area contributed by atoms with Crippen molar-refractivity contribution in [2.75, 3.05) is 14.2 Å². The molecule has 0 spiro atoms. The zero-order valence-corrected chi connectivity index (χ0v) is 18.4. The van der Waals surface area contributed by atoms with Crippen molar-refractivity contribution in [1.29, 1.82) is 0 Å². The first-order valence-electron chi connectivity index (χ1n) is 9.84. The molecule has 0 fully saturated rings. The summed E-state index contributed by atoms with van der Waals surface area (Å²) in [6.45, 7) is 0. The fourth-order valence-corrected chi connectivity index (χ4v) is 5.93. The molecule has 0 N–H and O–H groups in total. The van der Waals surface area contributed by atoms with E-state index in [1.165, 1.54) is 25.3 Å². The minimum absolute atomic E-state index is 0.658. The molecular formula is C23H25ClNO3P. The molecule has 152 valence electrons. The predicted octanol–water partition coefficient (Wildman–Crippen LogP) is 5.71. The third-order valence-corrected chi connectivity index (χ3v) is 7.81. The largest absolute Gasteiger partial charge is 0.377 e. The Morgan fingerprint density at radius 3 is 2.17 bits per heavy atom. The number of halogens is 1. The zero-order chi connectivity index (χ0) is 20.4. The van der Waals surface area contributed by atoms with Gasteiger partial charge in [-0.25, -0.2) is 0 Å². The molecule has 0 aliphatic heterocycles. The molecule has 2 aromatic carbocycles. The van der Waals surface area contributed by atoms with E-state index in [0.717, 1.165) is 49.0 Å². The summed E-state index contributed by atoms with van der Waals surface area (Å²) >= 11 is 6.14. The van der Waals surface area contributed by atoms with E-state index in [4.69, 9.17) is 20.6 Å². The van der Waals surface area contributed by atoms with Crippen LogP contribution >= 0.6 is 19.2 Å². The quantitative estimate of drug-likeness (QED) is 0.471. The first-order chi connectivity index (χ1) is 14.1. The maximum Gasteiger partial charge on any atom is 0.377 e. The lowest BCUT2D eigenvalue weighted by Gasteiger charge is -2.20. The Morgan fingerprint density at radius 1 is 0.931 bits per heavy atom. The Hall–Kier alpha value is -1.84. The van der Waals surface area contributed by atoms with Gasteiger partial charge in [-0.2, -0.15) is 0 Å². The van der Waals surface area contributed by atoms with E-state index < -0.39 is 7.60 Å². The highest BCUT2D eigenvalue weighted by molar-refractivity contribution is 7.62. The van der Waals surface area contributed by atoms with Gasteiger partial charge in [-0.15, -0.1) is 0 Å². The smallest absolute Gasteiger partial charge is 0.308 e. The van der Waals surface area contributed by atoms with Crippen molar-refractivity contribution in [2.24, 2.45) is 0 Å². The second-order valence-corrected chi connectivity index (χ2v) is 9.86. The van der Waals surface area contributed by atoms with Gasteiger partial charge in [-0.3, -0.25) is 4.57 Å². The average molecular weight is 430 g/mol. The molecule has 3 aromatic rings. The van der Waals surface area contributed by atoms with Crippen LogP contribution in [0, 0.1) is 0 Å². The molecule has 29 heavy (non-hydrogen) atoms. The van der Waals surface area contributed by atoms with Crippen molar-refractivity contribution >= 4 is 24.6 Å². The molecule has 0 atom stereocenters. The van der Waals surface area contributed by atoms with Gasteiger partial charge in [0.05, 0.1) is 0 Å². The standard InChI is InChI=1S/C23H25ClNO3P/c1-27-29(26,28-2)23-21-11-7-6-10-20(21)22(16-17-8-4-3-5-9-17)25(23)19-14-12-18(24)13-15-19/h3-5,8-9,12-15H,6-7,10-11,16H2,1-2H3. The maximum absolute atomic E-state index is 13.7. The van der Waals surface area contributed by atoms with Crippen LogP contribution in [0.25, 0.3) is 5.69 Å². The van der Waals surface area contributed by atoms with Crippen LogP contribution in [0.15, 0.2) is 54.6 Å². The molecule has 1 aliphatic rings. The third-order valence-electron chi connectivity index (χ3n) is 5.61. The number of benzene rings is 2. The summed E-state index contributed by atoms with van der Waals surface area (Å²) in [5, 5.41) is 0.665. The third kappa shape index (κ3) is 3.83. The lowest BCUT2D eigenvalue weighted by molar-refractivity contribution is 0.286. The molecule has 4 nitrogen and oxygen atoms in total. The van der Waals surface area contributed by atoms with Gasteiger partial charge in [0.15, 0.2) is 0 Å². The summed E-state index contributed by atoms with van der Waals surface area (Å²) in [6.07, 6.45) is 4.80. The van der Waals surface area contributed by atoms with Crippen molar-refractivity contribution in [3.8, 4) is 5.69 Å². The fraction of sp³-hybridized carbons (Fsp3) is 0.304. The van der Waals surface area contributed by atoms with Gasteiger partial charge in [-0.1, -0.05) is 41.9 Å². The minimum Gasteiger partial charge on any atom is -0.308 e. The molecule has 1 aromatic heterocycles. The highest BCUT2D eigenvalue weighted by Gasteiger charge is 2.37. The molecule has 4 rings (SSSR count). The van der Waals surface area contributed by atoms with Gasteiger partial charge in [0.25, 0.3) is 0 Å². The second kappa shape index (κ2) is 8.49. The number of aromatic nitrogens is 1. The van der Waals surface area contributed by atoms with Crippen molar-refractivity contribution in [3.05, 3.63) is 82.0 Å². The molecule has 6 heteroatoms. The molecule has 0 amide bonds. The van der Waals surface area contributed by atoms with Crippen molar-refractivity contribution in [1.82, 2.24) is 4.57 Å². The van der Waals surface area contributed by atoms with Crippen LogP contribution in [0.2, 0.25) is 5.02 Å². The summed E-state index contributed by atoms with van der Waals surface area (Å²) < 4.78 is 26.7. The van der Waals surface area contributed by atoms with E-state index in [1.54, 1.807) is 0 Å². The highest BCUT2D eigenvalue weighted by atomic mass is 35.5. The van der Waals surface area contributed by atoms with Gasteiger partial charge >= 0.3 is 7.60 Å². The first-order valence-corrected chi connectivity index (χ1v) is 11.8. The minimum atomic E-state index is -3.46. The lowest BCUT2D eigenvalue weighted by Crippen LogP contribution is -2.23. The Kier molecular flexibility index (Phi) is 5.98. The van der Waals surface area contributed by atoms with Gasteiger partial charge in [-0.05, 0) is 66.6 Å². The normalized spacial score (nSPS) is 14.0. The van der Waals surface area contributed by atoms with E-state index in [0.29, 0.717) is 10.5 Å². The van der Waals surface area contributed by atoms with Gasteiger partial charge < -0.3 is 13.6 Å². The Bertz CT molecular complexity index is 1040. The van der Waals surface area contributed by atoms with Crippen molar-refractivity contribution in [3.63, 3.8) is 0 Å². The van der Waals surface area contributed by atoms with Crippen LogP contribution in [0.3, 0.4) is 0 Å². The predicted molar refractivity (Wildman–Crippen MR) is 118 cm³/mol. The van der Waals surface area contributed by atoms with E-state index in [9.17, 15) is 4.57 Å². The Labute approximate surface area is 177 Å². The van der Waals surface area contributed by atoms with E-state index in [2.05, 4.69) is 16.7 Å². The number of rotatable bonds is 6. The van der Waals surface area contributed by atoms with Crippen LogP contribution in [0.1, 0.15) is 35.2 Å². The maximum atomic E-state index is 13.7. The molecule has 1 aliphatic carbocycles.